The van der Waals surface area contributed by atoms with E-state index in [2.05, 4.69) is 9.97 Å². The van der Waals surface area contributed by atoms with Crippen LogP contribution in [0.2, 0.25) is 0 Å². The Hall–Kier alpha value is -2.24. The van der Waals surface area contributed by atoms with Crippen molar-refractivity contribution >= 4 is 5.69 Å². The van der Waals surface area contributed by atoms with Crippen LogP contribution in [0.15, 0.2) is 30.6 Å². The smallest absolute Gasteiger partial charge is 0.322 e. The molecule has 2 rings (SSSR count). The van der Waals surface area contributed by atoms with Crippen LogP contribution in [-0.4, -0.2) is 9.97 Å². The quantitative estimate of drug-likeness (QED) is 0.847. The highest BCUT2D eigenvalue weighted by atomic mass is 19.2. The molecule has 0 atom stereocenters. The Morgan fingerprint density at radius 1 is 1.12 bits per heavy atom. The minimum absolute atomic E-state index is 0.0984. The van der Waals surface area contributed by atoms with Gasteiger partial charge in [0.15, 0.2) is 11.6 Å². The average molecular weight is 223 g/mol. The molecule has 0 aliphatic rings. The van der Waals surface area contributed by atoms with Gasteiger partial charge in [0.25, 0.3) is 0 Å². The van der Waals surface area contributed by atoms with Crippen molar-refractivity contribution in [1.29, 1.82) is 0 Å². The van der Waals surface area contributed by atoms with Crippen molar-refractivity contribution in [3.8, 4) is 11.8 Å². The summed E-state index contributed by atoms with van der Waals surface area (Å²) in [5.74, 6) is -2.35. The molecule has 0 bridgehead atoms. The zero-order valence-corrected chi connectivity index (χ0v) is 8.02. The van der Waals surface area contributed by atoms with E-state index in [0.29, 0.717) is 5.69 Å². The van der Waals surface area contributed by atoms with Gasteiger partial charge in [-0.15, -0.1) is 0 Å². The van der Waals surface area contributed by atoms with Gasteiger partial charge in [0.05, 0.1) is 18.1 Å². The molecule has 1 aromatic carbocycles. The van der Waals surface area contributed by atoms with Crippen molar-refractivity contribution in [1.82, 2.24) is 9.97 Å². The second kappa shape index (κ2) is 4.09. The number of hydrogen-bond acceptors (Lipinski definition) is 4. The third-order valence-electron chi connectivity index (χ3n) is 1.77. The van der Waals surface area contributed by atoms with Gasteiger partial charge >= 0.3 is 6.01 Å². The van der Waals surface area contributed by atoms with Gasteiger partial charge in [-0.05, 0) is 12.1 Å². The third kappa shape index (κ3) is 2.05. The van der Waals surface area contributed by atoms with Gasteiger partial charge in [0.1, 0.15) is 0 Å². The van der Waals surface area contributed by atoms with E-state index in [1.54, 1.807) is 0 Å². The highest BCUT2D eigenvalue weighted by molar-refractivity contribution is 5.32. The normalized spacial score (nSPS) is 10.1. The minimum Gasteiger partial charge on any atom is -0.421 e. The summed E-state index contributed by atoms with van der Waals surface area (Å²) < 4.78 is 31.0. The average Bonchev–Trinajstić information content (AvgIpc) is 2.28. The molecule has 0 aliphatic heterocycles. The van der Waals surface area contributed by atoms with E-state index in [1.807, 2.05) is 0 Å². The first kappa shape index (κ1) is 10.3. The molecular weight excluding hydrogens is 216 g/mol. The number of nitrogens with zero attached hydrogens (tertiary/aromatic N) is 2. The van der Waals surface area contributed by atoms with Crippen molar-refractivity contribution < 1.29 is 13.5 Å². The molecule has 0 fully saturated rings. The highest BCUT2D eigenvalue weighted by Crippen LogP contribution is 2.23. The number of halogens is 2. The first-order valence-corrected chi connectivity index (χ1v) is 4.36. The molecule has 0 saturated carbocycles. The Bertz CT molecular complexity index is 502. The number of nitrogen functional groups attached to an aromatic ring is 1. The van der Waals surface area contributed by atoms with E-state index in [0.717, 1.165) is 6.07 Å². The Labute approximate surface area is 89.7 Å². The molecule has 1 heterocycles. The summed E-state index contributed by atoms with van der Waals surface area (Å²) in [5, 5.41) is 0. The standard InChI is InChI=1S/C10H7F2N3O/c11-7-2-1-3-8(9(7)12)16-10-14-4-6(13)5-15-10/h1-5H,13H2. The summed E-state index contributed by atoms with van der Waals surface area (Å²) in [6.07, 6.45) is 2.61. The number of rotatable bonds is 2. The van der Waals surface area contributed by atoms with Crippen molar-refractivity contribution in [3.05, 3.63) is 42.2 Å². The van der Waals surface area contributed by atoms with E-state index in [9.17, 15) is 8.78 Å². The Balaban J connectivity index is 2.27. The predicted molar refractivity (Wildman–Crippen MR) is 52.9 cm³/mol. The molecule has 82 valence electrons. The van der Waals surface area contributed by atoms with Crippen molar-refractivity contribution in [2.45, 2.75) is 0 Å². The number of benzene rings is 1. The lowest BCUT2D eigenvalue weighted by atomic mass is 10.3. The summed E-state index contributed by atoms with van der Waals surface area (Å²) in [6, 6.07) is 3.49. The second-order valence-corrected chi connectivity index (χ2v) is 2.95. The number of nitrogens with two attached hydrogens (primary N) is 1. The SMILES string of the molecule is Nc1cnc(Oc2cccc(F)c2F)nc1. The topological polar surface area (TPSA) is 61.0 Å². The fourth-order valence-corrected chi connectivity index (χ4v) is 1.04. The molecule has 2 aromatic rings. The number of anilines is 1. The molecule has 1 aromatic heterocycles. The van der Waals surface area contributed by atoms with Crippen LogP contribution in [-0.2, 0) is 0 Å². The maximum atomic E-state index is 13.2. The molecule has 2 N–H and O–H groups in total. The Morgan fingerprint density at radius 3 is 2.50 bits per heavy atom. The van der Waals surface area contributed by atoms with Crippen LogP contribution < -0.4 is 10.5 Å². The Kier molecular flexibility index (Phi) is 2.63. The molecule has 0 amide bonds. The van der Waals surface area contributed by atoms with Crippen LogP contribution in [0.4, 0.5) is 14.5 Å². The Morgan fingerprint density at radius 2 is 1.81 bits per heavy atom. The monoisotopic (exact) mass is 223 g/mol. The summed E-state index contributed by atoms with van der Waals surface area (Å²) in [6.45, 7) is 0. The van der Waals surface area contributed by atoms with Gasteiger partial charge in [-0.2, -0.15) is 4.39 Å². The van der Waals surface area contributed by atoms with Crippen LogP contribution in [0.5, 0.6) is 11.8 Å². The zero-order chi connectivity index (χ0) is 11.5. The fraction of sp³-hybridized carbons (Fsp3) is 0. The van der Waals surface area contributed by atoms with Crippen molar-refractivity contribution in [3.63, 3.8) is 0 Å². The highest BCUT2D eigenvalue weighted by Gasteiger charge is 2.10. The van der Waals surface area contributed by atoms with Crippen LogP contribution in [0.1, 0.15) is 0 Å². The molecule has 4 nitrogen and oxygen atoms in total. The molecule has 6 heteroatoms. The minimum atomic E-state index is -1.08. The predicted octanol–water partition coefficient (Wildman–Crippen LogP) is 2.13. The van der Waals surface area contributed by atoms with Gasteiger partial charge in [0.2, 0.25) is 5.82 Å². The van der Waals surface area contributed by atoms with Gasteiger partial charge < -0.3 is 10.5 Å². The molecular formula is C10H7F2N3O. The van der Waals surface area contributed by atoms with Crippen LogP contribution >= 0.6 is 0 Å². The lowest BCUT2D eigenvalue weighted by Gasteiger charge is -2.04. The van der Waals surface area contributed by atoms with Gasteiger partial charge in [-0.25, -0.2) is 14.4 Å². The van der Waals surface area contributed by atoms with Crippen molar-refractivity contribution in [2.75, 3.05) is 5.73 Å². The van der Waals surface area contributed by atoms with E-state index < -0.39 is 11.6 Å². The third-order valence-corrected chi connectivity index (χ3v) is 1.77. The number of hydrogen-bond donors (Lipinski definition) is 1. The molecule has 0 saturated heterocycles. The molecule has 0 spiro atoms. The second-order valence-electron chi connectivity index (χ2n) is 2.95. The van der Waals surface area contributed by atoms with Gasteiger partial charge in [-0.3, -0.25) is 0 Å². The fourth-order valence-electron chi connectivity index (χ4n) is 1.04. The summed E-state index contributed by atoms with van der Waals surface area (Å²) in [4.78, 5) is 7.39. The van der Waals surface area contributed by atoms with Gasteiger partial charge in [0, 0.05) is 0 Å². The van der Waals surface area contributed by atoms with E-state index in [1.165, 1.54) is 24.5 Å². The van der Waals surface area contributed by atoms with Crippen LogP contribution in [0, 0.1) is 11.6 Å². The first-order chi connectivity index (χ1) is 7.66. The van der Waals surface area contributed by atoms with Crippen LogP contribution in [0.3, 0.4) is 0 Å². The molecule has 0 radical (unpaired) electrons. The van der Waals surface area contributed by atoms with E-state index >= 15 is 0 Å². The van der Waals surface area contributed by atoms with Gasteiger partial charge in [-0.1, -0.05) is 6.07 Å². The molecule has 0 unspecified atom stereocenters. The van der Waals surface area contributed by atoms with E-state index in [4.69, 9.17) is 10.5 Å². The maximum Gasteiger partial charge on any atom is 0.322 e. The first-order valence-electron chi connectivity index (χ1n) is 4.36. The maximum absolute atomic E-state index is 13.2. The lowest BCUT2D eigenvalue weighted by Crippen LogP contribution is -1.96. The number of aromatic nitrogens is 2. The summed E-state index contributed by atoms with van der Waals surface area (Å²) in [5.41, 5.74) is 5.71. The largest absolute Gasteiger partial charge is 0.421 e. The lowest BCUT2D eigenvalue weighted by molar-refractivity contribution is 0.393. The zero-order valence-electron chi connectivity index (χ0n) is 8.02. The van der Waals surface area contributed by atoms with Crippen molar-refractivity contribution in [2.24, 2.45) is 0 Å². The number of ether oxygens (including phenoxy) is 1. The summed E-state index contributed by atoms with van der Waals surface area (Å²) >= 11 is 0. The summed E-state index contributed by atoms with van der Waals surface area (Å²) in [7, 11) is 0. The molecule has 16 heavy (non-hydrogen) atoms. The molecule has 0 aliphatic carbocycles. The van der Waals surface area contributed by atoms with E-state index in [-0.39, 0.29) is 11.8 Å². The van der Waals surface area contributed by atoms with Crippen LogP contribution in [0.25, 0.3) is 0 Å².